The Balaban J connectivity index is 1.57. The molecule has 0 saturated heterocycles. The van der Waals surface area contributed by atoms with Crippen LogP contribution in [0.4, 0.5) is 0 Å². The van der Waals surface area contributed by atoms with E-state index in [-0.39, 0.29) is 5.91 Å². The Kier molecular flexibility index (Phi) is 5.55. The summed E-state index contributed by atoms with van der Waals surface area (Å²) in [7, 11) is 3.52. The molecule has 1 aliphatic rings. The summed E-state index contributed by atoms with van der Waals surface area (Å²) in [5, 5.41) is 8.45. The van der Waals surface area contributed by atoms with Crippen molar-refractivity contribution in [2.45, 2.75) is 36.7 Å². The molecule has 0 radical (unpaired) electrons. The molecular formula is C21H23N3O2S2. The van der Waals surface area contributed by atoms with Gasteiger partial charge in [-0.1, -0.05) is 37.3 Å². The van der Waals surface area contributed by atoms with E-state index in [1.165, 1.54) is 28.6 Å². The van der Waals surface area contributed by atoms with Gasteiger partial charge in [-0.3, -0.25) is 4.79 Å². The second-order valence-corrected chi connectivity index (χ2v) is 9.61. The number of rotatable bonds is 5. The summed E-state index contributed by atoms with van der Waals surface area (Å²) in [5.41, 5.74) is 2.34. The fraction of sp³-hybridized carbons (Fsp3) is 0.381. The number of hydrogen-bond acceptors (Lipinski definition) is 6. The highest BCUT2D eigenvalue weighted by Crippen LogP contribution is 2.40. The third-order valence-electron chi connectivity index (χ3n) is 4.93. The van der Waals surface area contributed by atoms with E-state index in [0.29, 0.717) is 11.1 Å². The Hall–Kier alpha value is -2.12. The van der Waals surface area contributed by atoms with Gasteiger partial charge in [0, 0.05) is 19.0 Å². The van der Waals surface area contributed by atoms with Crippen LogP contribution in [0.2, 0.25) is 0 Å². The van der Waals surface area contributed by atoms with Crippen LogP contribution < -0.4 is 0 Å². The van der Waals surface area contributed by atoms with Gasteiger partial charge in [0.15, 0.2) is 0 Å². The zero-order chi connectivity index (χ0) is 19.7. The molecule has 0 saturated carbocycles. The average molecular weight is 414 g/mol. The molecule has 2 aromatic heterocycles. The Bertz CT molecular complexity index is 965. The molecule has 5 nitrogen and oxygen atoms in total. The van der Waals surface area contributed by atoms with Crippen molar-refractivity contribution in [2.75, 3.05) is 14.1 Å². The van der Waals surface area contributed by atoms with Gasteiger partial charge in [-0.15, -0.1) is 21.5 Å². The van der Waals surface area contributed by atoms with Crippen molar-refractivity contribution in [3.8, 4) is 10.8 Å². The summed E-state index contributed by atoms with van der Waals surface area (Å²) < 4.78 is 5.94. The molecule has 4 rings (SSSR count). The Morgan fingerprint density at radius 2 is 2.07 bits per heavy atom. The first-order chi connectivity index (χ1) is 13.5. The summed E-state index contributed by atoms with van der Waals surface area (Å²) in [6.45, 7) is 2.30. The highest BCUT2D eigenvalue weighted by molar-refractivity contribution is 8.00. The van der Waals surface area contributed by atoms with Crippen LogP contribution in [0, 0.1) is 5.92 Å². The second kappa shape index (κ2) is 8.09. The quantitative estimate of drug-likeness (QED) is 0.560. The van der Waals surface area contributed by atoms with E-state index >= 15 is 0 Å². The number of hydrogen-bond donors (Lipinski definition) is 0. The second-order valence-electron chi connectivity index (χ2n) is 7.42. The number of likely N-dealkylation sites (N-methyl/N-ethyl adjacent to an activating group) is 1. The van der Waals surface area contributed by atoms with Crippen LogP contribution in [0.3, 0.4) is 0 Å². The number of fused-ring (bicyclic) bond motifs is 1. The van der Waals surface area contributed by atoms with Crippen LogP contribution in [0.25, 0.3) is 10.8 Å². The van der Waals surface area contributed by atoms with Crippen molar-refractivity contribution >= 4 is 29.0 Å². The lowest BCUT2D eigenvalue weighted by molar-refractivity contribution is -0.128. The normalized spacial score (nSPS) is 17.2. The van der Waals surface area contributed by atoms with Gasteiger partial charge < -0.3 is 9.32 Å². The third kappa shape index (κ3) is 4.00. The molecule has 2 heterocycles. The van der Waals surface area contributed by atoms with Gasteiger partial charge in [-0.25, -0.2) is 0 Å². The molecule has 28 heavy (non-hydrogen) atoms. The lowest BCUT2D eigenvalue weighted by atomic mass is 9.90. The highest BCUT2D eigenvalue weighted by Gasteiger charge is 2.27. The SMILES string of the molecule is C[C@H]1CCc2sc(-c3nnc(S[C@@H](C(=O)N(C)C)c4ccccc4)o3)cc2C1. The molecule has 0 aliphatic heterocycles. The van der Waals surface area contributed by atoms with Crippen molar-refractivity contribution in [3.05, 3.63) is 52.4 Å². The van der Waals surface area contributed by atoms with E-state index in [2.05, 4.69) is 23.2 Å². The fourth-order valence-electron chi connectivity index (χ4n) is 3.39. The van der Waals surface area contributed by atoms with Crippen LogP contribution in [-0.4, -0.2) is 35.1 Å². The third-order valence-corrected chi connectivity index (χ3v) is 7.23. The molecule has 1 aromatic carbocycles. The smallest absolute Gasteiger partial charge is 0.278 e. The predicted molar refractivity (Wildman–Crippen MR) is 113 cm³/mol. The summed E-state index contributed by atoms with van der Waals surface area (Å²) in [6.07, 6.45) is 3.49. The van der Waals surface area contributed by atoms with E-state index in [9.17, 15) is 4.79 Å². The van der Waals surface area contributed by atoms with Crippen LogP contribution in [-0.2, 0) is 17.6 Å². The lowest BCUT2D eigenvalue weighted by Crippen LogP contribution is -2.26. The molecule has 0 bridgehead atoms. The van der Waals surface area contributed by atoms with Gasteiger partial charge in [-0.05, 0) is 54.1 Å². The average Bonchev–Trinajstić information content (AvgIpc) is 3.32. The van der Waals surface area contributed by atoms with Crippen molar-refractivity contribution < 1.29 is 9.21 Å². The van der Waals surface area contributed by atoms with Gasteiger partial charge in [-0.2, -0.15) is 0 Å². The van der Waals surface area contributed by atoms with Crippen molar-refractivity contribution in [1.82, 2.24) is 15.1 Å². The molecule has 0 fully saturated rings. The Morgan fingerprint density at radius 1 is 1.29 bits per heavy atom. The number of thioether (sulfide) groups is 1. The van der Waals surface area contributed by atoms with Crippen LogP contribution in [0.5, 0.6) is 0 Å². The summed E-state index contributed by atoms with van der Waals surface area (Å²) in [4.78, 5) is 16.8. The van der Waals surface area contributed by atoms with Crippen molar-refractivity contribution in [3.63, 3.8) is 0 Å². The number of amides is 1. The molecule has 0 unspecified atom stereocenters. The zero-order valence-corrected chi connectivity index (χ0v) is 17.8. The first-order valence-corrected chi connectivity index (χ1v) is 11.1. The van der Waals surface area contributed by atoms with E-state index in [4.69, 9.17) is 4.42 Å². The largest absolute Gasteiger partial charge is 0.410 e. The van der Waals surface area contributed by atoms with Crippen molar-refractivity contribution in [1.29, 1.82) is 0 Å². The van der Waals surface area contributed by atoms with E-state index in [0.717, 1.165) is 29.2 Å². The molecule has 0 N–H and O–H groups in total. The first kappa shape index (κ1) is 19.2. The van der Waals surface area contributed by atoms with Gasteiger partial charge in [0.25, 0.3) is 11.1 Å². The van der Waals surface area contributed by atoms with Gasteiger partial charge in [0.1, 0.15) is 5.25 Å². The lowest BCUT2D eigenvalue weighted by Gasteiger charge is -2.18. The predicted octanol–water partition coefficient (Wildman–Crippen LogP) is 4.84. The summed E-state index contributed by atoms with van der Waals surface area (Å²) in [6, 6.07) is 11.9. The molecule has 2 atom stereocenters. The molecule has 1 aliphatic carbocycles. The fourth-order valence-corrected chi connectivity index (χ4v) is 5.54. The Morgan fingerprint density at radius 3 is 2.82 bits per heavy atom. The maximum absolute atomic E-state index is 12.7. The van der Waals surface area contributed by atoms with E-state index in [1.807, 2.05) is 30.3 Å². The standard InChI is InChI=1S/C21H23N3O2S2/c1-13-9-10-16-15(11-13)12-17(27-16)19-22-23-21(26-19)28-18(20(25)24(2)3)14-7-5-4-6-8-14/h4-8,12-13,18H,9-11H2,1-3H3/t13-,18+/m0/s1. The maximum Gasteiger partial charge on any atom is 0.278 e. The van der Waals surface area contributed by atoms with Crippen LogP contribution in [0.15, 0.2) is 46.0 Å². The highest BCUT2D eigenvalue weighted by atomic mass is 32.2. The number of carbonyl (C=O) groups excluding carboxylic acids is 1. The number of aryl methyl sites for hydroxylation is 1. The minimum atomic E-state index is -0.415. The van der Waals surface area contributed by atoms with Gasteiger partial charge in [0.2, 0.25) is 5.91 Å². The van der Waals surface area contributed by atoms with Crippen molar-refractivity contribution in [2.24, 2.45) is 5.92 Å². The number of thiophene rings is 1. The molecule has 1 amide bonds. The van der Waals surface area contributed by atoms with E-state index in [1.54, 1.807) is 30.3 Å². The Labute approximate surface area is 173 Å². The molecular weight excluding hydrogens is 390 g/mol. The van der Waals surface area contributed by atoms with Crippen LogP contribution in [0.1, 0.15) is 34.6 Å². The molecule has 3 aromatic rings. The summed E-state index contributed by atoms with van der Waals surface area (Å²) in [5.74, 6) is 1.27. The molecule has 0 spiro atoms. The first-order valence-electron chi connectivity index (χ1n) is 9.39. The zero-order valence-electron chi connectivity index (χ0n) is 16.2. The topological polar surface area (TPSA) is 59.2 Å². The minimum absolute atomic E-state index is 0.00322. The molecule has 146 valence electrons. The number of carbonyl (C=O) groups is 1. The molecule has 7 heteroatoms. The number of benzene rings is 1. The minimum Gasteiger partial charge on any atom is -0.410 e. The van der Waals surface area contributed by atoms with Gasteiger partial charge in [0.05, 0.1) is 4.88 Å². The summed E-state index contributed by atoms with van der Waals surface area (Å²) >= 11 is 3.05. The number of nitrogens with zero attached hydrogens (tertiary/aromatic N) is 3. The maximum atomic E-state index is 12.7. The monoisotopic (exact) mass is 413 g/mol. The van der Waals surface area contributed by atoms with Crippen LogP contribution >= 0.6 is 23.1 Å². The van der Waals surface area contributed by atoms with Gasteiger partial charge >= 0.3 is 0 Å². The number of aromatic nitrogens is 2. The van der Waals surface area contributed by atoms with E-state index < -0.39 is 5.25 Å².